The molecule has 0 saturated carbocycles. The van der Waals surface area contributed by atoms with Gasteiger partial charge < -0.3 is 14.8 Å². The number of aryl methyl sites for hydroxylation is 1. The number of ether oxygens (including phenoxy) is 2. The molecule has 0 spiro atoms. The Morgan fingerprint density at radius 1 is 1.45 bits per heavy atom. The molecule has 0 atom stereocenters. The summed E-state index contributed by atoms with van der Waals surface area (Å²) >= 11 is 0. The van der Waals surface area contributed by atoms with E-state index in [1.54, 1.807) is 19.2 Å². The molecule has 1 fully saturated rings. The maximum Gasteiger partial charge on any atom is 0.336 e. The number of nitrogens with two attached hydrogens (primary N) is 1. The van der Waals surface area contributed by atoms with Crippen LogP contribution in [0.3, 0.4) is 0 Å². The molecule has 1 aromatic rings. The standard InChI is InChI=1S/C12H17N3O3.C2H6/c1-8-3-4-11(17-2)10(5-8)15(13)12(16)14-9-6-18-7-9;1-2/h3-5,9H,6-7,13H2,1-2H3,(H,14,16);1-2H3. The highest BCUT2D eigenvalue weighted by atomic mass is 16.5. The van der Waals surface area contributed by atoms with E-state index >= 15 is 0 Å². The third-order valence-corrected chi connectivity index (χ3v) is 2.78. The zero-order valence-corrected chi connectivity index (χ0v) is 12.5. The van der Waals surface area contributed by atoms with E-state index in [2.05, 4.69) is 5.32 Å². The molecule has 0 bridgehead atoms. The number of hydrogen-bond acceptors (Lipinski definition) is 4. The Bertz CT molecular complexity index is 447. The Morgan fingerprint density at radius 2 is 2.10 bits per heavy atom. The molecule has 1 aliphatic rings. The van der Waals surface area contributed by atoms with Crippen molar-refractivity contribution < 1.29 is 14.3 Å². The maximum atomic E-state index is 11.9. The van der Waals surface area contributed by atoms with Gasteiger partial charge in [0.15, 0.2) is 0 Å². The highest BCUT2D eigenvalue weighted by Gasteiger charge is 2.24. The summed E-state index contributed by atoms with van der Waals surface area (Å²) in [5.41, 5.74) is 1.54. The number of hydrazine groups is 1. The number of carbonyl (C=O) groups excluding carboxylic acids is 1. The number of benzene rings is 1. The summed E-state index contributed by atoms with van der Waals surface area (Å²) in [6.07, 6.45) is 0. The second-order valence-corrected chi connectivity index (χ2v) is 4.23. The zero-order valence-electron chi connectivity index (χ0n) is 12.5. The van der Waals surface area contributed by atoms with Crippen molar-refractivity contribution in [3.8, 4) is 5.75 Å². The molecule has 6 nitrogen and oxygen atoms in total. The van der Waals surface area contributed by atoms with Crippen LogP contribution < -0.4 is 20.9 Å². The predicted octanol–water partition coefficient (Wildman–Crippen LogP) is 1.82. The van der Waals surface area contributed by atoms with Gasteiger partial charge in [-0.25, -0.2) is 15.6 Å². The van der Waals surface area contributed by atoms with Crippen molar-refractivity contribution in [1.29, 1.82) is 0 Å². The van der Waals surface area contributed by atoms with Crippen molar-refractivity contribution >= 4 is 11.7 Å². The van der Waals surface area contributed by atoms with Crippen LogP contribution in [0.2, 0.25) is 0 Å². The van der Waals surface area contributed by atoms with Crippen LogP contribution in [0.1, 0.15) is 19.4 Å². The van der Waals surface area contributed by atoms with Gasteiger partial charge >= 0.3 is 6.03 Å². The molecule has 2 rings (SSSR count). The van der Waals surface area contributed by atoms with Gasteiger partial charge in [0.25, 0.3) is 0 Å². The number of anilines is 1. The van der Waals surface area contributed by atoms with Crippen LogP contribution in [0.25, 0.3) is 0 Å². The average Bonchev–Trinajstić information content (AvgIpc) is 2.44. The number of hydrogen-bond donors (Lipinski definition) is 2. The summed E-state index contributed by atoms with van der Waals surface area (Å²) in [6, 6.07) is 5.15. The number of amides is 2. The molecule has 112 valence electrons. The highest BCUT2D eigenvalue weighted by Crippen LogP contribution is 2.27. The number of rotatable bonds is 3. The lowest BCUT2D eigenvalue weighted by molar-refractivity contribution is 0.000372. The van der Waals surface area contributed by atoms with E-state index in [-0.39, 0.29) is 12.1 Å². The minimum absolute atomic E-state index is 0.0411. The number of urea groups is 1. The molecule has 1 heterocycles. The normalized spacial score (nSPS) is 13.7. The summed E-state index contributed by atoms with van der Waals surface area (Å²) in [5.74, 6) is 6.37. The van der Waals surface area contributed by atoms with Crippen molar-refractivity contribution in [1.82, 2.24) is 5.32 Å². The monoisotopic (exact) mass is 281 g/mol. The first-order valence-electron chi connectivity index (χ1n) is 6.69. The minimum Gasteiger partial charge on any atom is -0.495 e. The van der Waals surface area contributed by atoms with Crippen LogP contribution in [0.4, 0.5) is 10.5 Å². The fraction of sp³-hybridized carbons (Fsp3) is 0.500. The Balaban J connectivity index is 0.000000956. The highest BCUT2D eigenvalue weighted by molar-refractivity contribution is 5.92. The smallest absolute Gasteiger partial charge is 0.336 e. The van der Waals surface area contributed by atoms with Gasteiger partial charge in [-0.3, -0.25) is 0 Å². The summed E-state index contributed by atoms with van der Waals surface area (Å²) in [6.45, 7) is 6.99. The van der Waals surface area contributed by atoms with Crippen molar-refractivity contribution in [2.45, 2.75) is 26.8 Å². The van der Waals surface area contributed by atoms with Gasteiger partial charge in [0.05, 0.1) is 26.4 Å². The van der Waals surface area contributed by atoms with Gasteiger partial charge in [0.1, 0.15) is 11.4 Å². The van der Waals surface area contributed by atoms with E-state index in [0.717, 1.165) is 10.6 Å². The molecule has 0 radical (unpaired) electrons. The van der Waals surface area contributed by atoms with Crippen molar-refractivity contribution in [2.24, 2.45) is 5.84 Å². The number of methoxy groups -OCH3 is 1. The third-order valence-electron chi connectivity index (χ3n) is 2.78. The van der Waals surface area contributed by atoms with E-state index in [0.29, 0.717) is 24.7 Å². The van der Waals surface area contributed by atoms with Gasteiger partial charge in [0, 0.05) is 0 Å². The van der Waals surface area contributed by atoms with E-state index in [4.69, 9.17) is 15.3 Å². The molecule has 0 aromatic heterocycles. The number of carbonyl (C=O) groups is 1. The van der Waals surface area contributed by atoms with E-state index < -0.39 is 0 Å². The van der Waals surface area contributed by atoms with Crippen molar-refractivity contribution in [2.75, 3.05) is 25.3 Å². The fourth-order valence-electron chi connectivity index (χ4n) is 1.66. The molecule has 6 heteroatoms. The molecular weight excluding hydrogens is 258 g/mol. The molecule has 20 heavy (non-hydrogen) atoms. The van der Waals surface area contributed by atoms with E-state index in [9.17, 15) is 4.79 Å². The minimum atomic E-state index is -0.368. The molecule has 1 saturated heterocycles. The molecule has 3 N–H and O–H groups in total. The number of nitrogens with one attached hydrogen (secondary N) is 1. The SMILES string of the molecule is CC.COc1ccc(C)cc1N(N)C(=O)NC1COC1. The van der Waals surface area contributed by atoms with Crippen LogP contribution in [-0.4, -0.2) is 32.4 Å². The van der Waals surface area contributed by atoms with Gasteiger partial charge in [-0.05, 0) is 24.6 Å². The van der Waals surface area contributed by atoms with Crippen LogP contribution in [-0.2, 0) is 4.74 Å². The van der Waals surface area contributed by atoms with Crippen LogP contribution in [0, 0.1) is 6.92 Å². The lowest BCUT2D eigenvalue weighted by atomic mass is 10.2. The fourth-order valence-corrected chi connectivity index (χ4v) is 1.66. The van der Waals surface area contributed by atoms with Crippen LogP contribution in [0.5, 0.6) is 5.75 Å². The number of nitrogens with zero attached hydrogens (tertiary/aromatic N) is 1. The first kappa shape index (κ1) is 16.3. The molecule has 0 aliphatic carbocycles. The molecule has 1 aliphatic heterocycles. The first-order chi connectivity index (χ1) is 9.61. The maximum absolute atomic E-state index is 11.9. The quantitative estimate of drug-likeness (QED) is 0.503. The summed E-state index contributed by atoms with van der Waals surface area (Å²) in [5, 5.41) is 3.83. The Hall–Kier alpha value is -1.79. The Morgan fingerprint density at radius 3 is 2.60 bits per heavy atom. The Labute approximate surface area is 119 Å². The Kier molecular flexibility index (Phi) is 6.27. The molecule has 1 aromatic carbocycles. The van der Waals surface area contributed by atoms with E-state index in [1.807, 2.05) is 26.8 Å². The largest absolute Gasteiger partial charge is 0.495 e. The lowest BCUT2D eigenvalue weighted by Gasteiger charge is -2.29. The van der Waals surface area contributed by atoms with Gasteiger partial charge in [0.2, 0.25) is 0 Å². The van der Waals surface area contributed by atoms with Crippen LogP contribution >= 0.6 is 0 Å². The van der Waals surface area contributed by atoms with Gasteiger partial charge in [-0.1, -0.05) is 19.9 Å². The second-order valence-electron chi connectivity index (χ2n) is 4.23. The second kappa shape index (κ2) is 7.72. The summed E-state index contributed by atoms with van der Waals surface area (Å²) in [7, 11) is 1.54. The zero-order chi connectivity index (χ0) is 15.1. The first-order valence-corrected chi connectivity index (χ1v) is 6.69. The average molecular weight is 281 g/mol. The molecule has 2 amide bonds. The molecule has 0 unspecified atom stereocenters. The van der Waals surface area contributed by atoms with Crippen LogP contribution in [0.15, 0.2) is 18.2 Å². The van der Waals surface area contributed by atoms with Crippen molar-refractivity contribution in [3.05, 3.63) is 23.8 Å². The summed E-state index contributed by atoms with van der Waals surface area (Å²) in [4.78, 5) is 11.9. The molecular formula is C14H23N3O3. The summed E-state index contributed by atoms with van der Waals surface area (Å²) < 4.78 is 10.2. The van der Waals surface area contributed by atoms with Crippen molar-refractivity contribution in [3.63, 3.8) is 0 Å². The third kappa shape index (κ3) is 3.85. The topological polar surface area (TPSA) is 76.8 Å². The predicted molar refractivity (Wildman–Crippen MR) is 78.9 cm³/mol. The lowest BCUT2D eigenvalue weighted by Crippen LogP contribution is -2.55. The van der Waals surface area contributed by atoms with E-state index in [1.165, 1.54) is 0 Å². The van der Waals surface area contributed by atoms with Gasteiger partial charge in [-0.15, -0.1) is 0 Å². The van der Waals surface area contributed by atoms with Gasteiger partial charge in [-0.2, -0.15) is 0 Å².